The Morgan fingerprint density at radius 2 is 2.00 bits per heavy atom. The van der Waals surface area contributed by atoms with Gasteiger partial charge in [0.05, 0.1) is 5.56 Å². The van der Waals surface area contributed by atoms with E-state index < -0.39 is 6.61 Å². The van der Waals surface area contributed by atoms with Crippen molar-refractivity contribution in [3.05, 3.63) is 35.5 Å². The monoisotopic (exact) mass is 291 g/mol. The van der Waals surface area contributed by atoms with E-state index in [-0.39, 0.29) is 5.75 Å². The van der Waals surface area contributed by atoms with Gasteiger partial charge in [0.1, 0.15) is 11.6 Å². The van der Waals surface area contributed by atoms with Crippen molar-refractivity contribution in [3.63, 3.8) is 0 Å². The molecule has 0 aliphatic heterocycles. The highest BCUT2D eigenvalue weighted by molar-refractivity contribution is 5.66. The van der Waals surface area contributed by atoms with Crippen molar-refractivity contribution < 1.29 is 13.5 Å². The number of halogens is 2. The van der Waals surface area contributed by atoms with Crippen LogP contribution in [0.1, 0.15) is 17.7 Å². The highest BCUT2D eigenvalue weighted by atomic mass is 19.3. The van der Waals surface area contributed by atoms with E-state index in [4.69, 9.17) is 0 Å². The number of para-hydroxylation sites is 1. The molecule has 0 radical (unpaired) electrons. The van der Waals surface area contributed by atoms with Gasteiger partial charge >= 0.3 is 6.61 Å². The van der Waals surface area contributed by atoms with Crippen LogP contribution in [-0.2, 0) is 12.8 Å². The third-order valence-corrected chi connectivity index (χ3v) is 3.51. The molecule has 0 amide bonds. The molecule has 0 bridgehead atoms. The van der Waals surface area contributed by atoms with E-state index in [9.17, 15) is 8.78 Å². The van der Waals surface area contributed by atoms with Crippen LogP contribution in [0, 0.1) is 0 Å². The summed E-state index contributed by atoms with van der Waals surface area (Å²) in [6, 6.07) is 6.59. The number of nitrogens with one attached hydrogen (secondary N) is 1. The molecule has 110 valence electrons. The largest absolute Gasteiger partial charge is 0.434 e. The number of aromatic nitrogens is 2. The van der Waals surface area contributed by atoms with Gasteiger partial charge in [-0.1, -0.05) is 12.1 Å². The van der Waals surface area contributed by atoms with Crippen LogP contribution in [0.5, 0.6) is 5.75 Å². The minimum absolute atomic E-state index is 0.0903. The summed E-state index contributed by atoms with van der Waals surface area (Å²) in [7, 11) is 1.80. The zero-order chi connectivity index (χ0) is 14.8. The van der Waals surface area contributed by atoms with Gasteiger partial charge in [0, 0.05) is 18.3 Å². The first-order valence-corrected chi connectivity index (χ1v) is 6.81. The van der Waals surface area contributed by atoms with Gasteiger partial charge in [0.25, 0.3) is 0 Å². The summed E-state index contributed by atoms with van der Waals surface area (Å²) >= 11 is 0. The molecule has 1 aliphatic carbocycles. The molecule has 0 saturated carbocycles. The van der Waals surface area contributed by atoms with Crippen molar-refractivity contribution in [1.29, 1.82) is 0 Å². The summed E-state index contributed by atoms with van der Waals surface area (Å²) in [5.74, 6) is 1.27. The number of anilines is 1. The van der Waals surface area contributed by atoms with Crippen molar-refractivity contribution in [1.82, 2.24) is 9.97 Å². The van der Waals surface area contributed by atoms with Gasteiger partial charge < -0.3 is 10.1 Å². The fourth-order valence-corrected chi connectivity index (χ4v) is 2.61. The third-order valence-electron chi connectivity index (χ3n) is 3.51. The lowest BCUT2D eigenvalue weighted by atomic mass is 10.1. The van der Waals surface area contributed by atoms with E-state index in [2.05, 4.69) is 20.0 Å². The van der Waals surface area contributed by atoms with Crippen LogP contribution in [-0.4, -0.2) is 23.6 Å². The zero-order valence-electron chi connectivity index (χ0n) is 11.6. The molecule has 1 heterocycles. The first kappa shape index (κ1) is 13.7. The normalized spacial score (nSPS) is 13.3. The van der Waals surface area contributed by atoms with Crippen molar-refractivity contribution in [2.45, 2.75) is 25.9 Å². The Kier molecular flexibility index (Phi) is 3.68. The van der Waals surface area contributed by atoms with Crippen molar-refractivity contribution in [3.8, 4) is 17.1 Å². The molecular weight excluding hydrogens is 276 g/mol. The average Bonchev–Trinajstić information content (AvgIpc) is 2.94. The topological polar surface area (TPSA) is 47.0 Å². The van der Waals surface area contributed by atoms with Crippen LogP contribution in [0.3, 0.4) is 0 Å². The lowest BCUT2D eigenvalue weighted by molar-refractivity contribution is -0.0494. The van der Waals surface area contributed by atoms with Gasteiger partial charge in [0.2, 0.25) is 0 Å². The Morgan fingerprint density at radius 3 is 2.76 bits per heavy atom. The molecule has 0 saturated heterocycles. The number of benzene rings is 1. The predicted molar refractivity (Wildman–Crippen MR) is 75.7 cm³/mol. The summed E-state index contributed by atoms with van der Waals surface area (Å²) in [6.07, 6.45) is 2.87. The molecule has 21 heavy (non-hydrogen) atoms. The molecule has 0 atom stereocenters. The lowest BCUT2D eigenvalue weighted by Crippen LogP contribution is -2.06. The molecule has 1 N–H and O–H groups in total. The van der Waals surface area contributed by atoms with Crippen molar-refractivity contribution in [2.75, 3.05) is 12.4 Å². The smallest absolute Gasteiger partial charge is 0.387 e. The van der Waals surface area contributed by atoms with Crippen LogP contribution in [0.4, 0.5) is 14.6 Å². The van der Waals surface area contributed by atoms with E-state index in [1.165, 1.54) is 6.07 Å². The number of rotatable bonds is 4. The van der Waals surface area contributed by atoms with E-state index in [0.29, 0.717) is 11.4 Å². The third kappa shape index (κ3) is 2.66. The number of nitrogens with zero attached hydrogens (tertiary/aromatic N) is 2. The summed E-state index contributed by atoms with van der Waals surface area (Å²) in [4.78, 5) is 8.98. The predicted octanol–water partition coefficient (Wildman–Crippen LogP) is 3.28. The maximum absolute atomic E-state index is 12.5. The minimum atomic E-state index is -2.87. The average molecular weight is 291 g/mol. The maximum Gasteiger partial charge on any atom is 0.387 e. The van der Waals surface area contributed by atoms with Crippen LogP contribution >= 0.6 is 0 Å². The number of hydrogen-bond acceptors (Lipinski definition) is 4. The number of fused-ring (bicyclic) bond motifs is 1. The van der Waals surface area contributed by atoms with E-state index in [1.807, 2.05) is 0 Å². The highest BCUT2D eigenvalue weighted by Gasteiger charge is 2.21. The molecule has 1 aromatic heterocycles. The molecule has 1 aromatic carbocycles. The number of ether oxygens (including phenoxy) is 1. The Morgan fingerprint density at radius 1 is 1.19 bits per heavy atom. The number of alkyl halides is 2. The Labute approximate surface area is 121 Å². The summed E-state index contributed by atoms with van der Waals surface area (Å²) in [5.41, 5.74) is 2.58. The maximum atomic E-state index is 12.5. The van der Waals surface area contributed by atoms with E-state index in [1.54, 1.807) is 25.2 Å². The van der Waals surface area contributed by atoms with Crippen LogP contribution in [0.25, 0.3) is 11.4 Å². The Hall–Kier alpha value is -2.24. The Bertz CT molecular complexity index is 661. The molecule has 4 nitrogen and oxygen atoms in total. The summed E-state index contributed by atoms with van der Waals surface area (Å²) < 4.78 is 29.6. The molecule has 2 aromatic rings. The van der Waals surface area contributed by atoms with Gasteiger partial charge in [0.15, 0.2) is 5.82 Å². The first-order valence-electron chi connectivity index (χ1n) is 6.81. The van der Waals surface area contributed by atoms with E-state index >= 15 is 0 Å². The molecule has 6 heteroatoms. The molecule has 1 aliphatic rings. The molecule has 0 fully saturated rings. The summed E-state index contributed by atoms with van der Waals surface area (Å²) in [6.45, 7) is -2.87. The number of hydrogen-bond donors (Lipinski definition) is 1. The van der Waals surface area contributed by atoms with Gasteiger partial charge in [-0.2, -0.15) is 8.78 Å². The standard InChI is InChI=1S/C15H15F2N3O/c1-18-13-9-6-4-7-11(9)19-14(20-13)10-5-2-3-8-12(10)21-15(16)17/h2-3,5,8,15H,4,6-7H2,1H3,(H,18,19,20). The fourth-order valence-electron chi connectivity index (χ4n) is 2.61. The van der Waals surface area contributed by atoms with Crippen LogP contribution in [0.2, 0.25) is 0 Å². The minimum Gasteiger partial charge on any atom is -0.434 e. The lowest BCUT2D eigenvalue weighted by Gasteiger charge is -2.12. The Balaban J connectivity index is 2.09. The van der Waals surface area contributed by atoms with Gasteiger partial charge in [-0.3, -0.25) is 0 Å². The van der Waals surface area contributed by atoms with Crippen molar-refractivity contribution >= 4 is 5.82 Å². The fraction of sp³-hybridized carbons (Fsp3) is 0.333. The second kappa shape index (κ2) is 5.63. The molecule has 0 spiro atoms. The molecule has 3 rings (SSSR count). The van der Waals surface area contributed by atoms with Crippen LogP contribution < -0.4 is 10.1 Å². The molecular formula is C15H15F2N3O. The van der Waals surface area contributed by atoms with Crippen molar-refractivity contribution in [2.24, 2.45) is 0 Å². The SMILES string of the molecule is CNc1nc(-c2ccccc2OC(F)F)nc2c1CCC2. The second-order valence-electron chi connectivity index (χ2n) is 4.80. The quantitative estimate of drug-likeness (QED) is 0.939. The zero-order valence-corrected chi connectivity index (χ0v) is 11.6. The first-order chi connectivity index (χ1) is 10.2. The van der Waals surface area contributed by atoms with Gasteiger partial charge in [-0.15, -0.1) is 0 Å². The second-order valence-corrected chi connectivity index (χ2v) is 4.80. The van der Waals surface area contributed by atoms with Gasteiger partial charge in [-0.25, -0.2) is 9.97 Å². The van der Waals surface area contributed by atoms with E-state index in [0.717, 1.165) is 36.3 Å². The molecule has 0 unspecified atom stereocenters. The van der Waals surface area contributed by atoms with Crippen LogP contribution in [0.15, 0.2) is 24.3 Å². The van der Waals surface area contributed by atoms with Gasteiger partial charge in [-0.05, 0) is 31.4 Å². The number of aryl methyl sites for hydroxylation is 1. The highest BCUT2D eigenvalue weighted by Crippen LogP contribution is 2.33. The summed E-state index contributed by atoms with van der Waals surface area (Å²) in [5, 5.41) is 3.06.